The maximum absolute atomic E-state index is 12.3. The number of nitrogens with one attached hydrogen (secondary N) is 1. The Morgan fingerprint density at radius 3 is 2.60 bits per heavy atom. The van der Waals surface area contributed by atoms with Crippen LogP contribution in [0.1, 0.15) is 31.9 Å². The molecule has 3 nitrogen and oxygen atoms in total. The molecule has 20 heavy (non-hydrogen) atoms. The van der Waals surface area contributed by atoms with Gasteiger partial charge in [-0.05, 0) is 51.3 Å². The third-order valence-electron chi connectivity index (χ3n) is 3.09. The molecule has 0 bridgehead atoms. The van der Waals surface area contributed by atoms with Gasteiger partial charge in [0.1, 0.15) is 0 Å². The summed E-state index contributed by atoms with van der Waals surface area (Å²) in [4.78, 5) is 12.3. The van der Waals surface area contributed by atoms with Crippen molar-refractivity contribution in [3.05, 3.63) is 45.7 Å². The minimum atomic E-state index is 0.0726. The van der Waals surface area contributed by atoms with E-state index in [1.165, 1.54) is 5.56 Å². The summed E-state index contributed by atoms with van der Waals surface area (Å²) in [5.74, 6) is 0. The maximum Gasteiger partial charge on any atom is 0.255 e. The molecule has 2 rings (SSSR count). The van der Waals surface area contributed by atoms with Crippen LogP contribution >= 0.6 is 11.9 Å². The SMILES string of the molecule is Cc1ccc2c(c1)cc(CNSC(C)(C)C)c(=O)n2C. The van der Waals surface area contributed by atoms with Gasteiger partial charge in [-0.2, -0.15) is 0 Å². The van der Waals surface area contributed by atoms with Gasteiger partial charge < -0.3 is 4.57 Å². The number of fused-ring (bicyclic) bond motifs is 1. The first-order valence-electron chi connectivity index (χ1n) is 6.78. The Bertz CT molecular complexity index is 683. The second kappa shape index (κ2) is 5.62. The Morgan fingerprint density at radius 2 is 1.95 bits per heavy atom. The largest absolute Gasteiger partial charge is 0.311 e. The number of benzene rings is 1. The molecule has 0 saturated heterocycles. The van der Waals surface area contributed by atoms with Crippen LogP contribution in [0.4, 0.5) is 0 Å². The summed E-state index contributed by atoms with van der Waals surface area (Å²) in [6, 6.07) is 8.17. The molecule has 0 aliphatic rings. The summed E-state index contributed by atoms with van der Waals surface area (Å²) in [6.07, 6.45) is 0. The zero-order valence-electron chi connectivity index (χ0n) is 12.8. The number of rotatable bonds is 3. The molecule has 108 valence electrons. The molecular weight excluding hydrogens is 268 g/mol. The molecule has 0 atom stereocenters. The van der Waals surface area contributed by atoms with Crippen molar-refractivity contribution in [3.8, 4) is 0 Å². The number of aryl methyl sites for hydroxylation is 2. The fourth-order valence-electron chi connectivity index (χ4n) is 2.13. The summed E-state index contributed by atoms with van der Waals surface area (Å²) < 4.78 is 5.16. The second-order valence-corrected chi connectivity index (χ2v) is 7.85. The molecule has 0 unspecified atom stereocenters. The van der Waals surface area contributed by atoms with Crippen molar-refractivity contribution in [1.29, 1.82) is 0 Å². The highest BCUT2D eigenvalue weighted by atomic mass is 32.2. The minimum absolute atomic E-state index is 0.0726. The Kier molecular flexibility index (Phi) is 4.25. The van der Waals surface area contributed by atoms with Gasteiger partial charge in [0.05, 0.1) is 5.52 Å². The van der Waals surface area contributed by atoms with Crippen LogP contribution in [0.25, 0.3) is 10.9 Å². The fraction of sp³-hybridized carbons (Fsp3) is 0.438. The van der Waals surface area contributed by atoms with Gasteiger partial charge >= 0.3 is 0 Å². The van der Waals surface area contributed by atoms with Crippen LogP contribution in [0, 0.1) is 6.92 Å². The minimum Gasteiger partial charge on any atom is -0.311 e. The van der Waals surface area contributed by atoms with E-state index < -0.39 is 0 Å². The maximum atomic E-state index is 12.3. The van der Waals surface area contributed by atoms with E-state index in [1.807, 2.05) is 25.2 Å². The topological polar surface area (TPSA) is 34.0 Å². The number of hydrogen-bond donors (Lipinski definition) is 1. The summed E-state index contributed by atoms with van der Waals surface area (Å²) in [5.41, 5.74) is 3.07. The van der Waals surface area contributed by atoms with Crippen LogP contribution in [-0.4, -0.2) is 9.31 Å². The number of pyridine rings is 1. The van der Waals surface area contributed by atoms with Gasteiger partial charge in [0.15, 0.2) is 0 Å². The molecule has 0 aliphatic carbocycles. The molecule has 0 radical (unpaired) electrons. The van der Waals surface area contributed by atoms with Crippen LogP contribution in [0.3, 0.4) is 0 Å². The van der Waals surface area contributed by atoms with Gasteiger partial charge in [-0.1, -0.05) is 23.6 Å². The van der Waals surface area contributed by atoms with Crippen molar-refractivity contribution in [2.45, 2.75) is 39.0 Å². The summed E-state index contributed by atoms with van der Waals surface area (Å²) in [6.45, 7) is 9.09. The molecule has 0 spiro atoms. The molecule has 1 N–H and O–H groups in total. The normalized spacial score (nSPS) is 12.1. The quantitative estimate of drug-likeness (QED) is 0.880. The van der Waals surface area contributed by atoms with E-state index in [1.54, 1.807) is 16.5 Å². The van der Waals surface area contributed by atoms with E-state index in [4.69, 9.17) is 0 Å². The lowest BCUT2D eigenvalue weighted by molar-refractivity contribution is 0.783. The van der Waals surface area contributed by atoms with Crippen LogP contribution in [0.2, 0.25) is 0 Å². The summed E-state index contributed by atoms with van der Waals surface area (Å²) in [5, 5.41) is 1.12. The van der Waals surface area contributed by atoms with E-state index in [0.717, 1.165) is 16.5 Å². The Hall–Kier alpha value is -1.26. The predicted molar refractivity (Wildman–Crippen MR) is 88.1 cm³/mol. The van der Waals surface area contributed by atoms with Crippen LogP contribution in [-0.2, 0) is 13.6 Å². The van der Waals surface area contributed by atoms with E-state index >= 15 is 0 Å². The van der Waals surface area contributed by atoms with Gasteiger partial charge in [0, 0.05) is 23.9 Å². The van der Waals surface area contributed by atoms with Crippen molar-refractivity contribution in [2.24, 2.45) is 7.05 Å². The Morgan fingerprint density at radius 1 is 1.25 bits per heavy atom. The molecule has 4 heteroatoms. The molecular formula is C16H22N2OS. The second-order valence-electron chi connectivity index (χ2n) is 6.13. The standard InChI is InChI=1S/C16H22N2OS/c1-11-6-7-14-12(8-11)9-13(15(19)18(14)5)10-17-20-16(2,3)4/h6-9,17H,10H2,1-5H3. The zero-order valence-corrected chi connectivity index (χ0v) is 13.6. The third kappa shape index (κ3) is 3.44. The average Bonchev–Trinajstić information content (AvgIpc) is 2.33. The van der Waals surface area contributed by atoms with Crippen LogP contribution < -0.4 is 10.3 Å². The highest BCUT2D eigenvalue weighted by molar-refractivity contribution is 7.98. The van der Waals surface area contributed by atoms with Gasteiger partial charge in [0.2, 0.25) is 0 Å². The molecule has 0 saturated carbocycles. The molecule has 1 heterocycles. The molecule has 0 amide bonds. The Balaban J connectivity index is 2.34. The fourth-order valence-corrected chi connectivity index (χ4v) is 2.79. The highest BCUT2D eigenvalue weighted by Crippen LogP contribution is 2.20. The molecule has 1 aromatic carbocycles. The van der Waals surface area contributed by atoms with Gasteiger partial charge in [-0.3, -0.25) is 9.52 Å². The van der Waals surface area contributed by atoms with Crippen LogP contribution in [0.5, 0.6) is 0 Å². The van der Waals surface area contributed by atoms with Gasteiger partial charge in [0.25, 0.3) is 5.56 Å². The lowest BCUT2D eigenvalue weighted by Gasteiger charge is -2.18. The first-order valence-corrected chi connectivity index (χ1v) is 7.60. The van der Waals surface area contributed by atoms with E-state index in [0.29, 0.717) is 6.54 Å². The van der Waals surface area contributed by atoms with E-state index in [9.17, 15) is 4.79 Å². The summed E-state index contributed by atoms with van der Waals surface area (Å²) in [7, 11) is 1.83. The van der Waals surface area contributed by atoms with Crippen molar-refractivity contribution < 1.29 is 0 Å². The number of nitrogens with zero attached hydrogens (tertiary/aromatic N) is 1. The van der Waals surface area contributed by atoms with E-state index in [2.05, 4.69) is 38.5 Å². The molecule has 1 aromatic heterocycles. The lowest BCUT2D eigenvalue weighted by Crippen LogP contribution is -2.25. The molecule has 2 aromatic rings. The van der Waals surface area contributed by atoms with Crippen molar-refractivity contribution in [1.82, 2.24) is 9.29 Å². The van der Waals surface area contributed by atoms with E-state index in [-0.39, 0.29) is 10.3 Å². The van der Waals surface area contributed by atoms with Gasteiger partial charge in [-0.15, -0.1) is 0 Å². The Labute approximate surface area is 124 Å². The smallest absolute Gasteiger partial charge is 0.255 e. The first-order chi connectivity index (χ1) is 9.28. The number of hydrogen-bond acceptors (Lipinski definition) is 3. The lowest BCUT2D eigenvalue weighted by atomic mass is 10.1. The molecule has 0 aliphatic heterocycles. The number of aromatic nitrogens is 1. The van der Waals surface area contributed by atoms with Gasteiger partial charge in [-0.25, -0.2) is 0 Å². The molecule has 0 fully saturated rings. The average molecular weight is 290 g/mol. The highest BCUT2D eigenvalue weighted by Gasteiger charge is 2.12. The van der Waals surface area contributed by atoms with Crippen molar-refractivity contribution in [3.63, 3.8) is 0 Å². The first kappa shape index (κ1) is 15.1. The third-order valence-corrected chi connectivity index (χ3v) is 4.00. The summed E-state index contributed by atoms with van der Waals surface area (Å²) >= 11 is 1.65. The van der Waals surface area contributed by atoms with Crippen molar-refractivity contribution >= 4 is 22.9 Å². The van der Waals surface area contributed by atoms with Crippen LogP contribution in [0.15, 0.2) is 29.1 Å². The zero-order chi connectivity index (χ0) is 14.9. The van der Waals surface area contributed by atoms with Crippen molar-refractivity contribution in [2.75, 3.05) is 0 Å². The predicted octanol–water partition coefficient (Wildman–Crippen LogP) is 3.38. The monoisotopic (exact) mass is 290 g/mol.